The maximum atomic E-state index is 12.4. The zero-order valence-electron chi connectivity index (χ0n) is 16.0. The van der Waals surface area contributed by atoms with Gasteiger partial charge < -0.3 is 15.4 Å². The van der Waals surface area contributed by atoms with Crippen molar-refractivity contribution in [1.82, 2.24) is 10.6 Å². The summed E-state index contributed by atoms with van der Waals surface area (Å²) in [6.45, 7) is 0.511. The molecule has 1 saturated carbocycles. The Labute approximate surface area is 179 Å². The lowest BCUT2D eigenvalue weighted by atomic mass is 9.78. The summed E-state index contributed by atoms with van der Waals surface area (Å²) in [6, 6.07) is 15.4. The van der Waals surface area contributed by atoms with Crippen LogP contribution in [-0.2, 0) is 10.2 Å². The lowest BCUT2D eigenvalue weighted by molar-refractivity contribution is -0.120. The van der Waals surface area contributed by atoms with Gasteiger partial charge in [0.15, 0.2) is 0 Å². The summed E-state index contributed by atoms with van der Waals surface area (Å²) in [5.74, 6) is 0.450. The number of hydrogen-bond acceptors (Lipinski definition) is 3. The number of nitrogens with one attached hydrogen (secondary N) is 2. The average Bonchev–Trinajstić information content (AvgIpc) is 3.21. The van der Waals surface area contributed by atoms with Gasteiger partial charge in [-0.2, -0.15) is 0 Å². The van der Waals surface area contributed by atoms with Crippen LogP contribution in [0.3, 0.4) is 0 Å². The van der Waals surface area contributed by atoms with Gasteiger partial charge >= 0.3 is 0 Å². The molecule has 0 atom stereocenters. The first-order valence-electron chi connectivity index (χ1n) is 9.49. The molecule has 0 radical (unpaired) electrons. The molecule has 0 aliphatic heterocycles. The summed E-state index contributed by atoms with van der Waals surface area (Å²) in [6.07, 6.45) is 4.30. The maximum Gasteiger partial charge on any atom is 0.252 e. The Morgan fingerprint density at radius 2 is 1.71 bits per heavy atom. The van der Waals surface area contributed by atoms with Crippen molar-refractivity contribution in [3.63, 3.8) is 0 Å². The van der Waals surface area contributed by atoms with Crippen LogP contribution in [0, 0.1) is 3.57 Å². The van der Waals surface area contributed by atoms with Crippen LogP contribution >= 0.6 is 22.6 Å². The summed E-state index contributed by atoms with van der Waals surface area (Å²) in [7, 11) is 1.68. The SMILES string of the molecule is COc1ccccc1C1(CNC(=O)CNC(=O)c2ccccc2I)CCCC1. The minimum Gasteiger partial charge on any atom is -0.496 e. The van der Waals surface area contributed by atoms with Gasteiger partial charge in [-0.1, -0.05) is 43.2 Å². The van der Waals surface area contributed by atoms with Gasteiger partial charge in [-0.3, -0.25) is 9.59 Å². The van der Waals surface area contributed by atoms with E-state index in [9.17, 15) is 9.59 Å². The fourth-order valence-corrected chi connectivity index (χ4v) is 4.54. The summed E-state index contributed by atoms with van der Waals surface area (Å²) in [5.41, 5.74) is 1.62. The van der Waals surface area contributed by atoms with E-state index in [1.807, 2.05) is 36.4 Å². The highest BCUT2D eigenvalue weighted by Gasteiger charge is 2.38. The summed E-state index contributed by atoms with van der Waals surface area (Å²) in [5, 5.41) is 5.73. The largest absolute Gasteiger partial charge is 0.496 e. The zero-order chi connectivity index (χ0) is 20.0. The molecule has 28 heavy (non-hydrogen) atoms. The van der Waals surface area contributed by atoms with E-state index in [1.54, 1.807) is 13.2 Å². The summed E-state index contributed by atoms with van der Waals surface area (Å²) >= 11 is 2.12. The number of benzene rings is 2. The third-order valence-corrected chi connectivity index (χ3v) is 6.33. The second-order valence-corrected chi connectivity index (χ2v) is 8.29. The molecule has 148 valence electrons. The second-order valence-electron chi connectivity index (χ2n) is 7.13. The Balaban J connectivity index is 1.61. The molecule has 1 aliphatic rings. The number of carbonyl (C=O) groups excluding carboxylic acids is 2. The Morgan fingerprint density at radius 3 is 2.43 bits per heavy atom. The van der Waals surface area contributed by atoms with Crippen molar-refractivity contribution in [1.29, 1.82) is 0 Å². The zero-order valence-corrected chi connectivity index (χ0v) is 18.1. The second kappa shape index (κ2) is 9.41. The van der Waals surface area contributed by atoms with Crippen molar-refractivity contribution < 1.29 is 14.3 Å². The molecule has 2 aromatic rings. The summed E-state index contributed by atoms with van der Waals surface area (Å²) < 4.78 is 6.42. The van der Waals surface area contributed by atoms with Crippen molar-refractivity contribution in [3.05, 3.63) is 63.2 Å². The van der Waals surface area contributed by atoms with E-state index in [4.69, 9.17) is 4.74 Å². The minimum absolute atomic E-state index is 0.0359. The van der Waals surface area contributed by atoms with Crippen LogP contribution in [0.2, 0.25) is 0 Å². The van der Waals surface area contributed by atoms with Crippen molar-refractivity contribution in [2.75, 3.05) is 20.2 Å². The smallest absolute Gasteiger partial charge is 0.252 e. The highest BCUT2D eigenvalue weighted by atomic mass is 127. The van der Waals surface area contributed by atoms with E-state index in [-0.39, 0.29) is 23.8 Å². The van der Waals surface area contributed by atoms with Crippen LogP contribution in [0.25, 0.3) is 0 Å². The van der Waals surface area contributed by atoms with Gasteiger partial charge in [-0.15, -0.1) is 0 Å². The third kappa shape index (κ3) is 4.66. The third-order valence-electron chi connectivity index (χ3n) is 5.39. The topological polar surface area (TPSA) is 67.4 Å². The van der Waals surface area contributed by atoms with Gasteiger partial charge in [-0.05, 0) is 53.6 Å². The minimum atomic E-state index is -0.236. The predicted octanol–water partition coefficient (Wildman–Crippen LogP) is 3.66. The molecule has 5 nitrogen and oxygen atoms in total. The number of hydrogen-bond donors (Lipinski definition) is 2. The molecule has 3 rings (SSSR count). The predicted molar refractivity (Wildman–Crippen MR) is 118 cm³/mol. The van der Waals surface area contributed by atoms with E-state index in [1.165, 1.54) is 0 Å². The monoisotopic (exact) mass is 492 g/mol. The molecule has 6 heteroatoms. The Morgan fingerprint density at radius 1 is 1.04 bits per heavy atom. The maximum absolute atomic E-state index is 12.4. The van der Waals surface area contributed by atoms with E-state index >= 15 is 0 Å². The van der Waals surface area contributed by atoms with Gasteiger partial charge in [0, 0.05) is 21.1 Å². The van der Waals surface area contributed by atoms with Crippen LogP contribution < -0.4 is 15.4 Å². The number of halogens is 1. The first-order valence-corrected chi connectivity index (χ1v) is 10.6. The molecule has 0 saturated heterocycles. The lowest BCUT2D eigenvalue weighted by Gasteiger charge is -2.31. The highest BCUT2D eigenvalue weighted by Crippen LogP contribution is 2.44. The number of carbonyl (C=O) groups is 2. The molecule has 2 aromatic carbocycles. The van der Waals surface area contributed by atoms with Crippen molar-refractivity contribution in [2.24, 2.45) is 0 Å². The molecular formula is C22H25IN2O3. The molecule has 0 heterocycles. The quantitative estimate of drug-likeness (QED) is 0.580. The highest BCUT2D eigenvalue weighted by molar-refractivity contribution is 14.1. The molecule has 0 bridgehead atoms. The van der Waals surface area contributed by atoms with E-state index < -0.39 is 0 Å². The number of para-hydroxylation sites is 1. The number of rotatable bonds is 7. The molecule has 1 fully saturated rings. The number of amides is 2. The fraction of sp³-hybridized carbons (Fsp3) is 0.364. The van der Waals surface area contributed by atoms with Crippen LogP contribution in [0.4, 0.5) is 0 Å². The first-order chi connectivity index (χ1) is 13.6. The normalized spacial score (nSPS) is 15.1. The Hall–Kier alpha value is -2.09. The van der Waals surface area contributed by atoms with Gasteiger partial charge in [0.2, 0.25) is 5.91 Å². The molecule has 1 aliphatic carbocycles. The van der Waals surface area contributed by atoms with Crippen molar-refractivity contribution in [3.8, 4) is 5.75 Å². The van der Waals surface area contributed by atoms with Crippen LogP contribution in [0.15, 0.2) is 48.5 Å². The average molecular weight is 492 g/mol. The Bertz CT molecular complexity index is 847. The van der Waals surface area contributed by atoms with Crippen LogP contribution in [0.5, 0.6) is 5.75 Å². The summed E-state index contributed by atoms with van der Waals surface area (Å²) in [4.78, 5) is 24.7. The van der Waals surface area contributed by atoms with Gasteiger partial charge in [0.05, 0.1) is 19.2 Å². The van der Waals surface area contributed by atoms with E-state index in [2.05, 4.69) is 39.3 Å². The van der Waals surface area contributed by atoms with E-state index in [0.717, 1.165) is 40.6 Å². The number of ether oxygens (including phenoxy) is 1. The van der Waals surface area contributed by atoms with Crippen molar-refractivity contribution in [2.45, 2.75) is 31.1 Å². The molecule has 0 aromatic heterocycles. The lowest BCUT2D eigenvalue weighted by Crippen LogP contribution is -2.43. The molecule has 2 amide bonds. The first kappa shape index (κ1) is 20.6. The number of methoxy groups -OCH3 is 1. The van der Waals surface area contributed by atoms with E-state index in [0.29, 0.717) is 12.1 Å². The van der Waals surface area contributed by atoms with Gasteiger partial charge in [0.25, 0.3) is 5.91 Å². The van der Waals surface area contributed by atoms with Gasteiger partial charge in [0.1, 0.15) is 5.75 Å². The standard InChI is InChI=1S/C22H25IN2O3/c1-28-19-11-5-3-9-17(19)22(12-6-7-13-22)15-25-20(26)14-24-21(27)16-8-2-4-10-18(16)23/h2-5,8-11H,6-7,12-15H2,1H3,(H,24,27)(H,25,26). The van der Waals surface area contributed by atoms with Gasteiger partial charge in [-0.25, -0.2) is 0 Å². The Kier molecular flexibility index (Phi) is 6.93. The fourth-order valence-electron chi connectivity index (χ4n) is 3.91. The molecule has 0 spiro atoms. The molecule has 0 unspecified atom stereocenters. The molecule has 2 N–H and O–H groups in total. The van der Waals surface area contributed by atoms with Crippen LogP contribution in [0.1, 0.15) is 41.6 Å². The molecular weight excluding hydrogens is 467 g/mol. The van der Waals surface area contributed by atoms with Crippen LogP contribution in [-0.4, -0.2) is 32.0 Å². The van der Waals surface area contributed by atoms with Crippen molar-refractivity contribution >= 4 is 34.4 Å².